The van der Waals surface area contributed by atoms with Crippen LogP contribution in [0, 0.1) is 0 Å². The van der Waals surface area contributed by atoms with E-state index in [-0.39, 0.29) is 11.8 Å². The third-order valence-corrected chi connectivity index (χ3v) is 6.82. The molecule has 6 heteroatoms. The maximum atomic E-state index is 12.9. The number of carbonyl (C=O) groups excluding carboxylic acids is 2. The first-order chi connectivity index (χ1) is 19.5. The van der Waals surface area contributed by atoms with E-state index in [1.807, 2.05) is 60.7 Å². The van der Waals surface area contributed by atoms with Gasteiger partial charge in [-0.15, -0.1) is 0 Å². The molecule has 2 heterocycles. The molecule has 0 fully saturated rings. The van der Waals surface area contributed by atoms with Gasteiger partial charge in [-0.25, -0.2) is 0 Å². The van der Waals surface area contributed by atoms with Gasteiger partial charge in [-0.05, 0) is 60.2 Å². The summed E-state index contributed by atoms with van der Waals surface area (Å²) in [7, 11) is 0. The van der Waals surface area contributed by atoms with E-state index in [0.29, 0.717) is 5.56 Å². The van der Waals surface area contributed by atoms with Crippen molar-refractivity contribution < 1.29 is 18.7 Å². The summed E-state index contributed by atoms with van der Waals surface area (Å²) in [4.78, 5) is 25.5. The second-order valence-corrected chi connectivity index (χ2v) is 9.85. The number of anilines is 2. The highest BCUT2D eigenvalue weighted by Gasteiger charge is 2.12. The molecule has 0 bridgehead atoms. The fourth-order valence-electron chi connectivity index (χ4n) is 4.86. The van der Waals surface area contributed by atoms with Crippen LogP contribution in [0.2, 0.25) is 0 Å². The van der Waals surface area contributed by atoms with Gasteiger partial charge in [0, 0.05) is 70.9 Å². The smallest absolute Gasteiger partial charge is 0.255 e. The van der Waals surface area contributed by atoms with Crippen molar-refractivity contribution in [3.05, 3.63) is 115 Å². The van der Waals surface area contributed by atoms with Gasteiger partial charge >= 0.3 is 0 Å². The molecule has 3 aromatic carbocycles. The van der Waals surface area contributed by atoms with E-state index in [0.717, 1.165) is 64.7 Å². The van der Waals surface area contributed by atoms with Crippen molar-refractivity contribution in [2.24, 2.45) is 0 Å². The highest BCUT2D eigenvalue weighted by atomic mass is 16.2. The zero-order valence-electron chi connectivity index (χ0n) is 22.9. The normalized spacial score (nSPS) is 11.2. The molecule has 6 nitrogen and oxygen atoms in total. The molecule has 5 rings (SSSR count). The number of hydrogen-bond acceptors (Lipinski definition) is 2. The van der Waals surface area contributed by atoms with Crippen LogP contribution >= 0.6 is 0 Å². The number of aryl methyl sites for hydroxylation is 2. The topological polar surface area (TPSA) is 66.0 Å². The van der Waals surface area contributed by atoms with Gasteiger partial charge in [0.05, 0.1) is 0 Å². The molecular weight excluding hydrogens is 496 g/mol. The maximum Gasteiger partial charge on any atom is 0.255 e. The Morgan fingerprint density at radius 3 is 1.80 bits per heavy atom. The molecule has 0 unspecified atom stereocenters. The van der Waals surface area contributed by atoms with Crippen LogP contribution in [0.15, 0.2) is 103 Å². The van der Waals surface area contributed by atoms with Crippen LogP contribution in [0.5, 0.6) is 0 Å². The lowest BCUT2D eigenvalue weighted by atomic mass is 10.1. The van der Waals surface area contributed by atoms with Gasteiger partial charge in [-0.3, -0.25) is 9.59 Å². The number of amides is 2. The van der Waals surface area contributed by atoms with Gasteiger partial charge < -0.3 is 10.6 Å². The molecule has 2 aromatic heterocycles. The number of nitrogens with one attached hydrogen (secondary N) is 2. The van der Waals surface area contributed by atoms with E-state index in [4.69, 9.17) is 0 Å². The minimum absolute atomic E-state index is 0.179. The molecule has 0 saturated carbocycles. The predicted molar refractivity (Wildman–Crippen MR) is 161 cm³/mol. The molecule has 0 aliphatic carbocycles. The fourth-order valence-corrected chi connectivity index (χ4v) is 4.86. The first-order valence-electron chi connectivity index (χ1n) is 13.8. The third-order valence-electron chi connectivity index (χ3n) is 6.82. The number of carbonyl (C=O) groups is 2. The van der Waals surface area contributed by atoms with E-state index in [2.05, 4.69) is 58.1 Å². The molecule has 40 heavy (non-hydrogen) atoms. The summed E-state index contributed by atoms with van der Waals surface area (Å²) in [5, 5.41) is 8.22. The molecule has 0 spiro atoms. The van der Waals surface area contributed by atoms with Crippen LogP contribution < -0.4 is 19.8 Å². The van der Waals surface area contributed by atoms with Crippen LogP contribution in [0.3, 0.4) is 0 Å². The lowest BCUT2D eigenvalue weighted by molar-refractivity contribution is -0.671. The third kappa shape index (κ3) is 6.24. The Labute approximate surface area is 234 Å². The maximum absolute atomic E-state index is 12.9. The second-order valence-electron chi connectivity index (χ2n) is 9.85. The minimum atomic E-state index is -0.212. The van der Waals surface area contributed by atoms with E-state index in [1.54, 1.807) is 18.2 Å². The van der Waals surface area contributed by atoms with E-state index >= 15 is 0 Å². The summed E-state index contributed by atoms with van der Waals surface area (Å²) >= 11 is 0. The largest absolute Gasteiger partial charge is 0.322 e. The molecule has 0 aliphatic heterocycles. The van der Waals surface area contributed by atoms with Crippen LogP contribution in [0.4, 0.5) is 11.4 Å². The Kier molecular flexibility index (Phi) is 8.26. The molecule has 0 atom stereocenters. The Hall–Kier alpha value is -4.84. The highest BCUT2D eigenvalue weighted by molar-refractivity contribution is 6.05. The van der Waals surface area contributed by atoms with E-state index < -0.39 is 0 Å². The van der Waals surface area contributed by atoms with Gasteiger partial charge in [0.2, 0.25) is 16.9 Å². The molecular formula is C34H34N4O2+2. The SMILES string of the molecule is CCC[n+]1cccc2ccc(NC(=O)/C=C/c3ccc(C(=O)Nc4ccc5ccc[n+](CCC)c5c4)cc3)cc21. The fraction of sp³-hybridized carbons (Fsp3) is 0.176. The highest BCUT2D eigenvalue weighted by Crippen LogP contribution is 2.19. The standard InChI is InChI=1S/C34H32N4O2/c1-3-19-37-21-5-7-26-14-16-29(23-31(26)37)35-33(39)18-11-25-9-12-28(13-10-25)34(40)36-30-17-15-27-8-6-22-38(20-4-2)32(27)24-30/h5-18,21-24H,3-4,19-20H2,1-2H3/p+2/b18-11+. The second kappa shape index (κ2) is 12.3. The van der Waals surface area contributed by atoms with Crippen LogP contribution in [-0.2, 0) is 17.9 Å². The number of pyridine rings is 2. The lowest BCUT2D eigenvalue weighted by Gasteiger charge is -2.07. The van der Waals surface area contributed by atoms with Crippen LogP contribution in [0.1, 0.15) is 42.6 Å². The number of rotatable bonds is 9. The summed E-state index contributed by atoms with van der Waals surface area (Å²) in [6, 6.07) is 27.3. The van der Waals surface area contributed by atoms with Crippen molar-refractivity contribution in [3.63, 3.8) is 0 Å². The Morgan fingerprint density at radius 2 is 1.25 bits per heavy atom. The van der Waals surface area contributed by atoms with Gasteiger partial charge in [-0.2, -0.15) is 9.13 Å². The molecule has 2 N–H and O–H groups in total. The molecule has 200 valence electrons. The van der Waals surface area contributed by atoms with E-state index in [1.165, 1.54) is 6.08 Å². The zero-order chi connectivity index (χ0) is 27.9. The molecule has 2 amide bonds. The lowest BCUT2D eigenvalue weighted by Crippen LogP contribution is -2.33. The van der Waals surface area contributed by atoms with Crippen molar-refractivity contribution in [3.8, 4) is 0 Å². The first-order valence-corrected chi connectivity index (χ1v) is 13.8. The Balaban J connectivity index is 1.22. The zero-order valence-corrected chi connectivity index (χ0v) is 22.9. The average Bonchev–Trinajstić information content (AvgIpc) is 2.97. The average molecular weight is 531 g/mol. The van der Waals surface area contributed by atoms with Crippen molar-refractivity contribution in [1.82, 2.24) is 0 Å². The molecule has 0 saturated heterocycles. The van der Waals surface area contributed by atoms with Crippen LogP contribution in [0.25, 0.3) is 27.9 Å². The number of hydrogen-bond donors (Lipinski definition) is 2. The number of nitrogens with zero attached hydrogens (tertiary/aromatic N) is 2. The first kappa shape index (κ1) is 26.8. The van der Waals surface area contributed by atoms with Gasteiger partial charge in [0.15, 0.2) is 12.4 Å². The summed E-state index contributed by atoms with van der Waals surface area (Å²) in [6.45, 7) is 6.14. The summed E-state index contributed by atoms with van der Waals surface area (Å²) in [5.74, 6) is -0.391. The monoisotopic (exact) mass is 530 g/mol. The Morgan fingerprint density at radius 1 is 0.700 bits per heavy atom. The molecule has 5 aromatic rings. The van der Waals surface area contributed by atoms with Gasteiger partial charge in [-0.1, -0.05) is 26.0 Å². The van der Waals surface area contributed by atoms with Crippen molar-refractivity contribution in [1.29, 1.82) is 0 Å². The predicted octanol–water partition coefficient (Wildman–Crippen LogP) is 6.29. The van der Waals surface area contributed by atoms with Crippen LogP contribution in [-0.4, -0.2) is 11.8 Å². The van der Waals surface area contributed by atoms with Gasteiger partial charge in [0.25, 0.3) is 5.91 Å². The number of fused-ring (bicyclic) bond motifs is 2. The van der Waals surface area contributed by atoms with Gasteiger partial charge in [0.1, 0.15) is 13.1 Å². The minimum Gasteiger partial charge on any atom is -0.322 e. The van der Waals surface area contributed by atoms with Crippen molar-refractivity contribution >= 4 is 51.1 Å². The van der Waals surface area contributed by atoms with E-state index in [9.17, 15) is 9.59 Å². The summed E-state index contributed by atoms with van der Waals surface area (Å²) in [5.41, 5.74) is 5.06. The van der Waals surface area contributed by atoms with Crippen molar-refractivity contribution in [2.45, 2.75) is 39.8 Å². The summed E-state index contributed by atoms with van der Waals surface area (Å²) < 4.78 is 4.39. The molecule has 0 aliphatic rings. The number of aromatic nitrogens is 2. The summed E-state index contributed by atoms with van der Waals surface area (Å²) in [6.07, 6.45) is 9.44. The van der Waals surface area contributed by atoms with Crippen molar-refractivity contribution in [2.75, 3.05) is 10.6 Å². The number of benzene rings is 3. The molecule has 0 radical (unpaired) electrons. The quantitative estimate of drug-likeness (QED) is 0.174. The Bertz CT molecular complexity index is 1710.